The molecule has 110 valence electrons. The second-order valence-corrected chi connectivity index (χ2v) is 9.69. The minimum atomic E-state index is -3.99. The first-order chi connectivity index (χ1) is 10.7. The molecule has 4 rings (SSSR count). The summed E-state index contributed by atoms with van der Waals surface area (Å²) in [5.41, 5.74) is 0.982. The number of para-hydroxylation sites is 1. The standard InChI is InChI=1S/C19H17FNP/c1-21-18-14-8-9-15-19(18)22(21,20,16-10-4-2-5-11-16)17-12-6-3-7-13-17/h2-15H,1H3. The van der Waals surface area contributed by atoms with E-state index in [-0.39, 0.29) is 0 Å². The van der Waals surface area contributed by atoms with Crippen LogP contribution < -0.4 is 20.6 Å². The van der Waals surface area contributed by atoms with Crippen molar-refractivity contribution < 1.29 is 4.20 Å². The van der Waals surface area contributed by atoms with Crippen LogP contribution in [0.15, 0.2) is 84.9 Å². The molecule has 3 aromatic rings. The Labute approximate surface area is 130 Å². The van der Waals surface area contributed by atoms with Crippen LogP contribution in [-0.2, 0) is 0 Å². The molecule has 22 heavy (non-hydrogen) atoms. The molecule has 0 unspecified atom stereocenters. The number of halogens is 1. The van der Waals surface area contributed by atoms with Gasteiger partial charge in [-0.1, -0.05) is 0 Å². The Morgan fingerprint density at radius 3 is 1.68 bits per heavy atom. The molecule has 1 aliphatic rings. The maximum atomic E-state index is 17.2. The first-order valence-corrected chi connectivity index (χ1v) is 9.44. The first kappa shape index (κ1) is 13.5. The van der Waals surface area contributed by atoms with E-state index in [0.717, 1.165) is 21.6 Å². The summed E-state index contributed by atoms with van der Waals surface area (Å²) in [5, 5.41) is 2.36. The molecule has 0 radical (unpaired) electrons. The first-order valence-electron chi connectivity index (χ1n) is 7.36. The molecule has 0 spiro atoms. The molecule has 1 aliphatic heterocycles. The number of anilines is 1. The van der Waals surface area contributed by atoms with Crippen LogP contribution in [0.4, 0.5) is 9.88 Å². The normalized spacial score (nSPS) is 19.4. The summed E-state index contributed by atoms with van der Waals surface area (Å²) in [6.45, 7) is 0. The zero-order chi connectivity index (χ0) is 15.2. The molecule has 3 heteroatoms. The van der Waals surface area contributed by atoms with Gasteiger partial charge >= 0.3 is 130 Å². The molecule has 0 saturated heterocycles. The van der Waals surface area contributed by atoms with Gasteiger partial charge in [0.15, 0.2) is 0 Å². The summed E-state index contributed by atoms with van der Waals surface area (Å²) < 4.78 is 19.1. The van der Waals surface area contributed by atoms with E-state index in [4.69, 9.17) is 0 Å². The summed E-state index contributed by atoms with van der Waals surface area (Å²) in [5.74, 6) is 0. The van der Waals surface area contributed by atoms with Crippen LogP contribution in [0, 0.1) is 0 Å². The van der Waals surface area contributed by atoms with Crippen molar-refractivity contribution >= 4 is 28.7 Å². The van der Waals surface area contributed by atoms with Gasteiger partial charge in [-0.3, -0.25) is 0 Å². The fraction of sp³-hybridized carbons (Fsp3) is 0.0526. The van der Waals surface area contributed by atoms with Crippen LogP contribution in [0.5, 0.6) is 0 Å². The van der Waals surface area contributed by atoms with E-state index in [2.05, 4.69) is 0 Å². The van der Waals surface area contributed by atoms with Gasteiger partial charge in [-0.2, -0.15) is 0 Å². The van der Waals surface area contributed by atoms with Crippen molar-refractivity contribution in [1.29, 1.82) is 0 Å². The van der Waals surface area contributed by atoms with Crippen molar-refractivity contribution in [1.82, 2.24) is 0 Å². The Kier molecular flexibility index (Phi) is 2.70. The van der Waals surface area contributed by atoms with Gasteiger partial charge in [-0.05, 0) is 0 Å². The van der Waals surface area contributed by atoms with E-state index in [1.807, 2.05) is 96.6 Å². The summed E-state index contributed by atoms with van der Waals surface area (Å²) >= 11 is 0. The molecule has 0 aromatic heterocycles. The predicted molar refractivity (Wildman–Crippen MR) is 94.7 cm³/mol. The van der Waals surface area contributed by atoms with Crippen molar-refractivity contribution in [3.05, 3.63) is 84.9 Å². The quantitative estimate of drug-likeness (QED) is 0.651. The third kappa shape index (κ3) is 1.36. The molecule has 0 bridgehead atoms. The average Bonchev–Trinajstić information content (AvgIpc) is 2.62. The van der Waals surface area contributed by atoms with Crippen LogP contribution in [-0.4, -0.2) is 7.05 Å². The van der Waals surface area contributed by atoms with Gasteiger partial charge in [-0.25, -0.2) is 0 Å². The predicted octanol–water partition coefficient (Wildman–Crippen LogP) is 3.77. The van der Waals surface area contributed by atoms with E-state index in [1.165, 1.54) is 0 Å². The summed E-state index contributed by atoms with van der Waals surface area (Å²) in [7, 11) is -2.11. The Morgan fingerprint density at radius 2 is 1.14 bits per heavy atom. The van der Waals surface area contributed by atoms with Crippen molar-refractivity contribution in [2.24, 2.45) is 0 Å². The molecule has 3 aromatic carbocycles. The summed E-state index contributed by atoms with van der Waals surface area (Å²) in [6.07, 6.45) is 0. The summed E-state index contributed by atoms with van der Waals surface area (Å²) in [4.78, 5) is 0. The SMILES string of the molecule is CN1c2ccccc2P1(F)(c1ccccc1)c1ccccc1. The number of benzene rings is 3. The monoisotopic (exact) mass is 309 g/mol. The molecule has 1 heterocycles. The third-order valence-electron chi connectivity index (χ3n) is 4.69. The molecule has 0 aliphatic carbocycles. The van der Waals surface area contributed by atoms with E-state index in [1.54, 1.807) is 0 Å². The van der Waals surface area contributed by atoms with Crippen LogP contribution in [0.25, 0.3) is 0 Å². The molecule has 0 N–H and O–H groups in total. The van der Waals surface area contributed by atoms with Crippen molar-refractivity contribution in [3.63, 3.8) is 0 Å². The van der Waals surface area contributed by atoms with Crippen molar-refractivity contribution in [2.75, 3.05) is 11.7 Å². The maximum absolute atomic E-state index is 17.2. The molecule has 0 fully saturated rings. The van der Waals surface area contributed by atoms with E-state index in [0.29, 0.717) is 0 Å². The molecule has 0 saturated carbocycles. The van der Waals surface area contributed by atoms with Gasteiger partial charge in [0, 0.05) is 0 Å². The van der Waals surface area contributed by atoms with Crippen molar-refractivity contribution in [3.8, 4) is 0 Å². The Morgan fingerprint density at radius 1 is 0.682 bits per heavy atom. The van der Waals surface area contributed by atoms with Gasteiger partial charge in [0.1, 0.15) is 0 Å². The fourth-order valence-electron chi connectivity index (χ4n) is 3.58. The number of rotatable bonds is 2. The van der Waals surface area contributed by atoms with E-state index in [9.17, 15) is 0 Å². The molecular weight excluding hydrogens is 292 g/mol. The van der Waals surface area contributed by atoms with Crippen molar-refractivity contribution in [2.45, 2.75) is 0 Å². The zero-order valence-electron chi connectivity index (χ0n) is 12.4. The third-order valence-corrected chi connectivity index (χ3v) is 9.77. The van der Waals surface area contributed by atoms with Crippen LogP contribution >= 0.6 is 7.06 Å². The zero-order valence-corrected chi connectivity index (χ0v) is 13.2. The molecular formula is C19H17FNP. The van der Waals surface area contributed by atoms with E-state index >= 15 is 4.20 Å². The Hall–Kier alpha value is -2.18. The second-order valence-electron chi connectivity index (χ2n) is 5.65. The number of hydrogen-bond acceptors (Lipinski definition) is 1. The Bertz CT molecular complexity index is 793. The van der Waals surface area contributed by atoms with Gasteiger partial charge in [0.05, 0.1) is 0 Å². The van der Waals surface area contributed by atoms with Gasteiger partial charge in [0.2, 0.25) is 0 Å². The molecule has 1 nitrogen and oxygen atoms in total. The number of hydrogen-bond donors (Lipinski definition) is 0. The molecule has 0 amide bonds. The minimum absolute atomic E-state index is 0.765. The number of fused-ring (bicyclic) bond motifs is 1. The topological polar surface area (TPSA) is 3.24 Å². The number of nitrogens with zero attached hydrogens (tertiary/aromatic N) is 1. The Balaban J connectivity index is 2.13. The van der Waals surface area contributed by atoms with E-state index < -0.39 is 7.06 Å². The summed E-state index contributed by atoms with van der Waals surface area (Å²) in [6, 6.07) is 27.0. The van der Waals surface area contributed by atoms with Gasteiger partial charge < -0.3 is 0 Å². The second kappa shape index (κ2) is 4.41. The van der Waals surface area contributed by atoms with Crippen LogP contribution in [0.2, 0.25) is 0 Å². The fourth-order valence-corrected chi connectivity index (χ4v) is 8.31. The van der Waals surface area contributed by atoms with Crippen LogP contribution in [0.3, 0.4) is 0 Å². The van der Waals surface area contributed by atoms with Gasteiger partial charge in [-0.15, -0.1) is 0 Å². The molecule has 0 atom stereocenters. The average molecular weight is 309 g/mol. The van der Waals surface area contributed by atoms with Gasteiger partial charge in [0.25, 0.3) is 0 Å². The van der Waals surface area contributed by atoms with Crippen LogP contribution in [0.1, 0.15) is 0 Å².